The second-order valence-electron chi connectivity index (χ2n) is 9.32. The molecule has 4 aromatic rings. The summed E-state index contributed by atoms with van der Waals surface area (Å²) in [5.41, 5.74) is 2.19. The van der Waals surface area contributed by atoms with E-state index in [1.165, 1.54) is 25.3 Å². The SMILES string of the molecule is COc1cc(/C=C2\C(=O)NC(=O)N(c3ccc(OCc4ccc(Br)cc4)cc3)C2=O)cc(Br)c1OCc1ccc(F)cc1. The summed E-state index contributed by atoms with van der Waals surface area (Å²) in [5.74, 6) is -0.704. The van der Waals surface area contributed by atoms with Crippen LogP contribution in [0.5, 0.6) is 17.2 Å². The van der Waals surface area contributed by atoms with Gasteiger partial charge in [-0.3, -0.25) is 14.9 Å². The smallest absolute Gasteiger partial charge is 0.335 e. The number of benzene rings is 4. The van der Waals surface area contributed by atoms with Gasteiger partial charge in [0.05, 0.1) is 17.3 Å². The number of hydrogen-bond acceptors (Lipinski definition) is 6. The molecule has 218 valence electrons. The highest BCUT2D eigenvalue weighted by molar-refractivity contribution is 9.10. The molecule has 0 bridgehead atoms. The molecule has 1 N–H and O–H groups in total. The number of rotatable bonds is 9. The van der Waals surface area contributed by atoms with Crippen LogP contribution in [0.15, 0.2) is 99.4 Å². The number of anilines is 1. The number of nitrogens with one attached hydrogen (secondary N) is 1. The molecular formula is C32H23Br2FN2O6. The van der Waals surface area contributed by atoms with Crippen molar-refractivity contribution < 1.29 is 33.0 Å². The molecule has 11 heteroatoms. The van der Waals surface area contributed by atoms with Crippen molar-refractivity contribution in [1.29, 1.82) is 0 Å². The molecule has 5 rings (SSSR count). The average Bonchev–Trinajstić information content (AvgIpc) is 2.99. The Bertz CT molecular complexity index is 1710. The molecule has 4 aromatic carbocycles. The number of halogens is 3. The fraction of sp³-hybridized carbons (Fsp3) is 0.0938. The van der Waals surface area contributed by atoms with Gasteiger partial charge in [-0.05, 0) is 99.4 Å². The molecule has 0 unspecified atom stereocenters. The molecule has 43 heavy (non-hydrogen) atoms. The van der Waals surface area contributed by atoms with Crippen LogP contribution < -0.4 is 24.4 Å². The molecule has 1 saturated heterocycles. The van der Waals surface area contributed by atoms with Crippen molar-refractivity contribution in [1.82, 2.24) is 5.32 Å². The van der Waals surface area contributed by atoms with E-state index in [4.69, 9.17) is 14.2 Å². The Kier molecular flexibility index (Phi) is 9.22. The highest BCUT2D eigenvalue weighted by Gasteiger charge is 2.37. The molecule has 1 fully saturated rings. The molecule has 4 amide bonds. The van der Waals surface area contributed by atoms with E-state index < -0.39 is 17.8 Å². The zero-order valence-corrected chi connectivity index (χ0v) is 25.8. The Labute approximate surface area is 263 Å². The fourth-order valence-corrected chi connectivity index (χ4v) is 5.04. The number of barbiturate groups is 1. The van der Waals surface area contributed by atoms with Crippen LogP contribution in [0.2, 0.25) is 0 Å². The molecular weight excluding hydrogens is 687 g/mol. The molecule has 0 atom stereocenters. The zero-order chi connectivity index (χ0) is 30.5. The molecule has 1 aliphatic heterocycles. The van der Waals surface area contributed by atoms with Crippen LogP contribution in [0, 0.1) is 5.82 Å². The van der Waals surface area contributed by atoms with Gasteiger partial charge in [-0.25, -0.2) is 14.1 Å². The molecule has 0 spiro atoms. The number of ether oxygens (including phenoxy) is 3. The number of carbonyl (C=O) groups is 3. The quantitative estimate of drug-likeness (QED) is 0.146. The highest BCUT2D eigenvalue weighted by Crippen LogP contribution is 2.38. The van der Waals surface area contributed by atoms with Crippen molar-refractivity contribution >= 4 is 61.5 Å². The van der Waals surface area contributed by atoms with E-state index in [9.17, 15) is 18.8 Å². The summed E-state index contributed by atoms with van der Waals surface area (Å²) in [4.78, 5) is 39.7. The van der Waals surface area contributed by atoms with Crippen molar-refractivity contribution in [2.24, 2.45) is 0 Å². The first-order chi connectivity index (χ1) is 20.7. The van der Waals surface area contributed by atoms with Crippen molar-refractivity contribution in [2.45, 2.75) is 13.2 Å². The summed E-state index contributed by atoms with van der Waals surface area (Å²) in [6.45, 7) is 0.494. The first kappa shape index (κ1) is 30.0. The predicted octanol–water partition coefficient (Wildman–Crippen LogP) is 7.18. The van der Waals surface area contributed by atoms with E-state index in [-0.39, 0.29) is 23.7 Å². The summed E-state index contributed by atoms with van der Waals surface area (Å²) in [5, 5.41) is 2.22. The van der Waals surface area contributed by atoms with E-state index in [0.29, 0.717) is 33.9 Å². The van der Waals surface area contributed by atoms with Crippen LogP contribution in [-0.2, 0) is 22.8 Å². The van der Waals surface area contributed by atoms with Crippen molar-refractivity contribution in [3.05, 3.63) is 122 Å². The van der Waals surface area contributed by atoms with E-state index in [1.54, 1.807) is 48.5 Å². The van der Waals surface area contributed by atoms with Crippen LogP contribution in [-0.4, -0.2) is 25.0 Å². The van der Waals surface area contributed by atoms with Gasteiger partial charge in [-0.15, -0.1) is 0 Å². The number of methoxy groups -OCH3 is 1. The Balaban J connectivity index is 1.33. The number of nitrogens with zero attached hydrogens (tertiary/aromatic N) is 1. The maximum absolute atomic E-state index is 13.4. The van der Waals surface area contributed by atoms with Crippen molar-refractivity contribution in [3.8, 4) is 17.2 Å². The standard InChI is InChI=1S/C32H23Br2FN2O6/c1-41-28-16-21(15-27(34)29(28)43-18-20-4-8-23(35)9-5-20)14-26-30(38)36-32(40)37(31(26)39)24-10-12-25(13-11-24)42-17-19-2-6-22(33)7-3-19/h2-16H,17-18H2,1H3,(H,36,38,40)/b26-14+. The first-order valence-electron chi connectivity index (χ1n) is 12.9. The predicted molar refractivity (Wildman–Crippen MR) is 165 cm³/mol. The molecule has 1 heterocycles. The monoisotopic (exact) mass is 708 g/mol. The average molecular weight is 710 g/mol. The van der Waals surface area contributed by atoms with Gasteiger partial charge in [0, 0.05) is 4.47 Å². The van der Waals surface area contributed by atoms with Gasteiger partial charge in [0.15, 0.2) is 11.5 Å². The fourth-order valence-electron chi connectivity index (χ4n) is 4.20. The van der Waals surface area contributed by atoms with E-state index in [0.717, 1.165) is 20.5 Å². The first-order valence-corrected chi connectivity index (χ1v) is 14.4. The lowest BCUT2D eigenvalue weighted by Gasteiger charge is -2.26. The van der Waals surface area contributed by atoms with Gasteiger partial charge in [0.2, 0.25) is 0 Å². The number of hydrogen-bond donors (Lipinski definition) is 1. The number of carbonyl (C=O) groups excluding carboxylic acids is 3. The van der Waals surface area contributed by atoms with Crippen LogP contribution >= 0.6 is 31.9 Å². The van der Waals surface area contributed by atoms with Crippen LogP contribution in [0.25, 0.3) is 6.08 Å². The Morgan fingerprint density at radius 2 is 1.47 bits per heavy atom. The maximum atomic E-state index is 13.4. The lowest BCUT2D eigenvalue weighted by Crippen LogP contribution is -2.54. The third-order valence-electron chi connectivity index (χ3n) is 6.37. The summed E-state index contributed by atoms with van der Waals surface area (Å²) in [6, 6.07) is 22.4. The molecule has 1 aliphatic rings. The van der Waals surface area contributed by atoms with Gasteiger partial charge in [-0.1, -0.05) is 40.2 Å². The minimum Gasteiger partial charge on any atom is -0.493 e. The summed E-state index contributed by atoms with van der Waals surface area (Å²) < 4.78 is 31.9. The molecule has 0 aromatic heterocycles. The normalized spacial score (nSPS) is 14.1. The second kappa shape index (κ2) is 13.2. The van der Waals surface area contributed by atoms with Crippen molar-refractivity contribution in [3.63, 3.8) is 0 Å². The highest BCUT2D eigenvalue weighted by atomic mass is 79.9. The maximum Gasteiger partial charge on any atom is 0.335 e. The molecule has 0 aliphatic carbocycles. The molecule has 0 saturated carbocycles. The van der Waals surface area contributed by atoms with Crippen LogP contribution in [0.4, 0.5) is 14.9 Å². The Morgan fingerprint density at radius 1 is 0.837 bits per heavy atom. The minimum atomic E-state index is -0.862. The van der Waals surface area contributed by atoms with E-state index in [2.05, 4.69) is 37.2 Å². The van der Waals surface area contributed by atoms with Crippen molar-refractivity contribution in [2.75, 3.05) is 12.0 Å². The summed E-state index contributed by atoms with van der Waals surface area (Å²) >= 11 is 6.85. The third-order valence-corrected chi connectivity index (χ3v) is 7.49. The van der Waals surface area contributed by atoms with Gasteiger partial charge < -0.3 is 14.2 Å². The molecule has 0 radical (unpaired) electrons. The van der Waals surface area contributed by atoms with E-state index in [1.807, 2.05) is 24.3 Å². The minimum absolute atomic E-state index is 0.154. The number of imide groups is 2. The van der Waals surface area contributed by atoms with Gasteiger partial charge in [-0.2, -0.15) is 0 Å². The Morgan fingerprint density at radius 3 is 2.12 bits per heavy atom. The lowest BCUT2D eigenvalue weighted by atomic mass is 10.1. The third kappa shape index (κ3) is 7.12. The van der Waals surface area contributed by atoms with Gasteiger partial charge >= 0.3 is 6.03 Å². The zero-order valence-electron chi connectivity index (χ0n) is 22.6. The van der Waals surface area contributed by atoms with Gasteiger partial charge in [0.1, 0.15) is 30.4 Å². The van der Waals surface area contributed by atoms with Gasteiger partial charge in [0.25, 0.3) is 11.8 Å². The number of urea groups is 1. The summed E-state index contributed by atoms with van der Waals surface area (Å²) in [7, 11) is 1.45. The lowest BCUT2D eigenvalue weighted by molar-refractivity contribution is -0.122. The largest absolute Gasteiger partial charge is 0.493 e. The topological polar surface area (TPSA) is 94.2 Å². The van der Waals surface area contributed by atoms with Crippen LogP contribution in [0.1, 0.15) is 16.7 Å². The summed E-state index contributed by atoms with van der Waals surface area (Å²) in [6.07, 6.45) is 1.36. The molecule has 8 nitrogen and oxygen atoms in total. The number of amides is 4. The second-order valence-corrected chi connectivity index (χ2v) is 11.1. The Hall–Kier alpha value is -4.48. The van der Waals surface area contributed by atoms with E-state index >= 15 is 0 Å². The van der Waals surface area contributed by atoms with Crippen LogP contribution in [0.3, 0.4) is 0 Å².